The van der Waals surface area contributed by atoms with Gasteiger partial charge in [-0.15, -0.1) is 0 Å². The van der Waals surface area contributed by atoms with Gasteiger partial charge in [0.15, 0.2) is 0 Å². The molecule has 0 N–H and O–H groups in total. The number of rotatable bonds is 4. The number of hydrogen-bond donors (Lipinski definition) is 0. The quantitative estimate of drug-likeness (QED) is 0.608. The maximum atomic E-state index is 13.4. The first kappa shape index (κ1) is 20.8. The van der Waals surface area contributed by atoms with Gasteiger partial charge in [-0.3, -0.25) is 4.79 Å². The average Bonchev–Trinajstić information content (AvgIpc) is 2.71. The largest absolute Gasteiger partial charge is 0.456 e. The van der Waals surface area contributed by atoms with Crippen LogP contribution >= 0.6 is 0 Å². The van der Waals surface area contributed by atoms with Gasteiger partial charge in [-0.05, 0) is 25.1 Å². The third kappa shape index (κ3) is 4.22. The van der Waals surface area contributed by atoms with Crippen molar-refractivity contribution in [2.24, 2.45) is 0 Å². The Hall–Kier alpha value is -3.93. The van der Waals surface area contributed by atoms with Crippen LogP contribution in [0.3, 0.4) is 0 Å². The number of alkyl halides is 3. The molecule has 9 heteroatoms. The van der Waals surface area contributed by atoms with Crippen LogP contribution in [0.2, 0.25) is 0 Å². The molecule has 0 amide bonds. The number of ether oxygens (including phenoxy) is 1. The van der Waals surface area contributed by atoms with E-state index in [2.05, 4.69) is 5.10 Å². The smallest absolute Gasteiger partial charge is 0.418 e. The topological polar surface area (TPSA) is 85.0 Å². The molecule has 1 aromatic heterocycles. The van der Waals surface area contributed by atoms with Gasteiger partial charge in [0.25, 0.3) is 0 Å². The number of aryl methyl sites for hydroxylation is 1. The molecule has 0 atom stereocenters. The highest BCUT2D eigenvalue weighted by atomic mass is 19.4. The Morgan fingerprint density at radius 3 is 2.53 bits per heavy atom. The van der Waals surface area contributed by atoms with Gasteiger partial charge in [-0.2, -0.15) is 23.5 Å². The van der Waals surface area contributed by atoms with Gasteiger partial charge in [-0.25, -0.2) is 9.48 Å². The Morgan fingerprint density at radius 2 is 1.83 bits per heavy atom. The third-order valence-corrected chi connectivity index (χ3v) is 4.24. The van der Waals surface area contributed by atoms with Gasteiger partial charge in [-0.1, -0.05) is 30.3 Å². The zero-order chi connectivity index (χ0) is 21.9. The summed E-state index contributed by atoms with van der Waals surface area (Å²) in [6.45, 7) is 1.11. The van der Waals surface area contributed by atoms with E-state index >= 15 is 0 Å². The highest BCUT2D eigenvalue weighted by Gasteiger charge is 2.34. The van der Waals surface area contributed by atoms with Gasteiger partial charge in [0.05, 0.1) is 22.9 Å². The van der Waals surface area contributed by atoms with Crippen LogP contribution in [0.15, 0.2) is 59.4 Å². The van der Waals surface area contributed by atoms with Crippen LogP contribution in [0, 0.1) is 18.3 Å². The zero-order valence-electron chi connectivity index (χ0n) is 15.6. The second kappa shape index (κ2) is 8.21. The lowest BCUT2D eigenvalue weighted by atomic mass is 10.1. The highest BCUT2D eigenvalue weighted by molar-refractivity contribution is 5.87. The molecule has 0 radical (unpaired) electrons. The summed E-state index contributed by atoms with van der Waals surface area (Å²) in [5, 5.41) is 12.9. The molecule has 0 saturated carbocycles. The molecule has 0 aliphatic carbocycles. The molecule has 3 rings (SSSR count). The summed E-state index contributed by atoms with van der Waals surface area (Å²) in [5.41, 5.74) is -1.92. The van der Waals surface area contributed by atoms with Crippen LogP contribution in [0.1, 0.15) is 32.9 Å². The van der Waals surface area contributed by atoms with Crippen molar-refractivity contribution in [2.45, 2.75) is 19.7 Å². The van der Waals surface area contributed by atoms with Crippen LogP contribution in [-0.2, 0) is 17.5 Å². The van der Waals surface area contributed by atoms with Crippen LogP contribution in [-0.4, -0.2) is 15.7 Å². The minimum absolute atomic E-state index is 0.114. The number of nitriles is 1. The van der Waals surface area contributed by atoms with Gasteiger partial charge in [0.1, 0.15) is 6.61 Å². The van der Waals surface area contributed by atoms with Crippen molar-refractivity contribution in [3.8, 4) is 11.8 Å². The molecule has 2 aromatic carbocycles. The van der Waals surface area contributed by atoms with Crippen molar-refractivity contribution in [1.29, 1.82) is 5.26 Å². The molecule has 0 spiro atoms. The molecular formula is C21H14F3N3O3. The van der Waals surface area contributed by atoms with Crippen LogP contribution in [0.4, 0.5) is 13.2 Å². The Bertz CT molecular complexity index is 1210. The SMILES string of the molecule is Cc1cc(=O)c(C(=O)OCc2ccccc2C#N)nn1-c1ccccc1C(F)(F)F. The minimum Gasteiger partial charge on any atom is -0.456 e. The summed E-state index contributed by atoms with van der Waals surface area (Å²) in [6, 6.07) is 14.0. The van der Waals surface area contributed by atoms with E-state index in [-0.39, 0.29) is 18.0 Å². The van der Waals surface area contributed by atoms with Crippen LogP contribution in [0.25, 0.3) is 5.69 Å². The first-order valence-corrected chi connectivity index (χ1v) is 8.65. The fraction of sp³-hybridized carbons (Fsp3) is 0.143. The van der Waals surface area contributed by atoms with Crippen molar-refractivity contribution < 1.29 is 22.7 Å². The fourth-order valence-corrected chi connectivity index (χ4v) is 2.80. The number of carbonyl (C=O) groups excluding carboxylic acids is 1. The lowest BCUT2D eigenvalue weighted by Gasteiger charge is -2.16. The number of aromatic nitrogens is 2. The maximum absolute atomic E-state index is 13.4. The van der Waals surface area contributed by atoms with Crippen molar-refractivity contribution in [3.05, 3.63) is 92.9 Å². The third-order valence-electron chi connectivity index (χ3n) is 4.24. The van der Waals surface area contributed by atoms with Gasteiger partial charge in [0.2, 0.25) is 11.1 Å². The molecule has 0 bridgehead atoms. The molecule has 1 heterocycles. The molecule has 6 nitrogen and oxygen atoms in total. The van der Waals surface area contributed by atoms with E-state index < -0.39 is 28.8 Å². The number of benzene rings is 2. The summed E-state index contributed by atoms with van der Waals surface area (Å²) in [7, 11) is 0. The van der Waals surface area contributed by atoms with Crippen molar-refractivity contribution in [3.63, 3.8) is 0 Å². The Kier molecular flexibility index (Phi) is 5.69. The van der Waals surface area contributed by atoms with Crippen LogP contribution < -0.4 is 5.43 Å². The number of halogens is 3. The van der Waals surface area contributed by atoms with E-state index in [1.54, 1.807) is 18.2 Å². The zero-order valence-corrected chi connectivity index (χ0v) is 15.6. The molecule has 0 aliphatic rings. The standard InChI is InChI=1S/C21H14F3N3O3/c1-13-10-18(28)19(20(29)30-12-15-7-3-2-6-14(15)11-25)26-27(13)17-9-5-4-8-16(17)21(22,23)24/h2-10H,12H2,1H3. The molecule has 0 fully saturated rings. The van der Waals surface area contributed by atoms with Crippen molar-refractivity contribution >= 4 is 5.97 Å². The maximum Gasteiger partial charge on any atom is 0.418 e. The lowest BCUT2D eigenvalue weighted by molar-refractivity contribution is -0.137. The first-order valence-electron chi connectivity index (χ1n) is 8.65. The van der Waals surface area contributed by atoms with Gasteiger partial charge < -0.3 is 4.74 Å². The van der Waals surface area contributed by atoms with E-state index in [0.29, 0.717) is 11.1 Å². The van der Waals surface area contributed by atoms with E-state index in [1.807, 2.05) is 6.07 Å². The van der Waals surface area contributed by atoms with Gasteiger partial charge >= 0.3 is 12.1 Å². The summed E-state index contributed by atoms with van der Waals surface area (Å²) in [6.07, 6.45) is -4.66. The lowest BCUT2D eigenvalue weighted by Crippen LogP contribution is -2.25. The first-order chi connectivity index (χ1) is 14.2. The second-order valence-corrected chi connectivity index (χ2v) is 6.27. The summed E-state index contributed by atoms with van der Waals surface area (Å²) in [5.74, 6) is -1.11. The summed E-state index contributed by atoms with van der Waals surface area (Å²) < 4.78 is 46.0. The van der Waals surface area contributed by atoms with Crippen LogP contribution in [0.5, 0.6) is 0 Å². The number of esters is 1. The number of nitrogens with zero attached hydrogens (tertiary/aromatic N) is 3. The highest BCUT2D eigenvalue weighted by Crippen LogP contribution is 2.33. The molecule has 0 unspecified atom stereocenters. The number of carbonyl (C=O) groups is 1. The average molecular weight is 413 g/mol. The Morgan fingerprint density at radius 1 is 1.17 bits per heavy atom. The minimum atomic E-state index is -4.66. The predicted octanol–water partition coefficient (Wildman–Crippen LogP) is 3.79. The molecule has 152 valence electrons. The summed E-state index contributed by atoms with van der Waals surface area (Å²) in [4.78, 5) is 24.6. The summed E-state index contributed by atoms with van der Waals surface area (Å²) >= 11 is 0. The molecule has 0 saturated heterocycles. The van der Waals surface area contributed by atoms with Crippen molar-refractivity contribution in [1.82, 2.24) is 9.78 Å². The van der Waals surface area contributed by atoms with E-state index in [4.69, 9.17) is 10.00 Å². The van der Waals surface area contributed by atoms with Gasteiger partial charge in [0, 0.05) is 17.3 Å². The van der Waals surface area contributed by atoms with E-state index in [1.165, 1.54) is 31.2 Å². The number of para-hydroxylation sites is 1. The van der Waals surface area contributed by atoms with E-state index in [9.17, 15) is 22.8 Å². The monoisotopic (exact) mass is 413 g/mol. The second-order valence-electron chi connectivity index (χ2n) is 6.27. The Labute approximate surface area is 168 Å². The van der Waals surface area contributed by atoms with E-state index in [0.717, 1.165) is 16.8 Å². The fourth-order valence-electron chi connectivity index (χ4n) is 2.80. The molecule has 0 aliphatic heterocycles. The number of hydrogen-bond acceptors (Lipinski definition) is 5. The van der Waals surface area contributed by atoms with Crippen molar-refractivity contribution in [2.75, 3.05) is 0 Å². The Balaban J connectivity index is 1.98. The molecular weight excluding hydrogens is 399 g/mol. The molecule has 30 heavy (non-hydrogen) atoms. The molecule has 3 aromatic rings. The predicted molar refractivity (Wildman–Crippen MR) is 99.8 cm³/mol. The normalized spacial score (nSPS) is 11.0.